The second-order valence-corrected chi connectivity index (χ2v) is 8.92. The van der Waals surface area contributed by atoms with Crippen LogP contribution in [0.25, 0.3) is 0 Å². The van der Waals surface area contributed by atoms with Crippen LogP contribution >= 0.6 is 24.0 Å². The van der Waals surface area contributed by atoms with Crippen LogP contribution in [0.4, 0.5) is 4.79 Å². The Morgan fingerprint density at radius 1 is 1.03 bits per heavy atom. The number of likely N-dealkylation sites (tertiary alicyclic amines) is 1. The highest BCUT2D eigenvalue weighted by Gasteiger charge is 2.27. The number of guanidine groups is 1. The molecule has 2 aliphatic heterocycles. The number of ether oxygens (including phenoxy) is 2. The fourth-order valence-electron chi connectivity index (χ4n) is 3.81. The first-order valence-corrected chi connectivity index (χ1v) is 11.0. The van der Waals surface area contributed by atoms with Crippen LogP contribution in [0.15, 0.2) is 4.99 Å². The number of methoxy groups -OCH3 is 1. The van der Waals surface area contributed by atoms with Gasteiger partial charge >= 0.3 is 12.1 Å². The number of nitrogens with zero attached hydrogens (tertiary/aromatic N) is 4. The zero-order chi connectivity index (χ0) is 22.1. The highest BCUT2D eigenvalue weighted by Crippen LogP contribution is 2.18. The van der Waals surface area contributed by atoms with Crippen LogP contribution in [0.5, 0.6) is 0 Å². The molecule has 0 atom stereocenters. The van der Waals surface area contributed by atoms with Gasteiger partial charge in [-0.05, 0) is 46.6 Å². The summed E-state index contributed by atoms with van der Waals surface area (Å²) in [5.74, 6) is 0.793. The van der Waals surface area contributed by atoms with E-state index in [0.717, 1.165) is 64.5 Å². The minimum absolute atomic E-state index is 0. The van der Waals surface area contributed by atoms with Crippen LogP contribution in [0.2, 0.25) is 0 Å². The molecule has 2 saturated heterocycles. The maximum Gasteiger partial charge on any atom is 0.410 e. The standard InChI is InChI=1S/C21H39N5O4.HI/c1-21(2,3)30-20(28)26-15-13-24(14-16-26)10-6-9-23-19(22-4)25-11-7-17(8-12-25)18(27)29-5;/h17H,6-16H2,1-5H3,(H,22,23);1H. The highest BCUT2D eigenvalue weighted by molar-refractivity contribution is 14.0. The maximum atomic E-state index is 12.1. The molecule has 0 spiro atoms. The summed E-state index contributed by atoms with van der Waals surface area (Å²) >= 11 is 0. The summed E-state index contributed by atoms with van der Waals surface area (Å²) < 4.78 is 10.3. The van der Waals surface area contributed by atoms with Crippen molar-refractivity contribution in [2.45, 2.75) is 45.6 Å². The van der Waals surface area contributed by atoms with E-state index >= 15 is 0 Å². The van der Waals surface area contributed by atoms with Gasteiger partial charge in [0.25, 0.3) is 0 Å². The van der Waals surface area contributed by atoms with E-state index in [2.05, 4.69) is 20.1 Å². The fraction of sp³-hybridized carbons (Fsp3) is 0.857. The van der Waals surface area contributed by atoms with E-state index in [-0.39, 0.29) is 42.0 Å². The third kappa shape index (κ3) is 9.38. The summed E-state index contributed by atoms with van der Waals surface area (Å²) in [7, 11) is 3.25. The van der Waals surface area contributed by atoms with Gasteiger partial charge < -0.3 is 24.6 Å². The molecular formula is C21H40IN5O4. The minimum atomic E-state index is -0.451. The van der Waals surface area contributed by atoms with Crippen molar-refractivity contribution in [1.29, 1.82) is 0 Å². The first-order chi connectivity index (χ1) is 14.2. The Hall–Kier alpha value is -1.30. The van der Waals surface area contributed by atoms with Crippen molar-refractivity contribution in [3.05, 3.63) is 0 Å². The van der Waals surface area contributed by atoms with E-state index in [0.29, 0.717) is 13.1 Å². The average molecular weight is 553 g/mol. The van der Waals surface area contributed by atoms with Gasteiger partial charge in [-0.1, -0.05) is 0 Å². The van der Waals surface area contributed by atoms with Crippen LogP contribution in [-0.4, -0.2) is 105 Å². The molecule has 1 amide bonds. The average Bonchev–Trinajstić information content (AvgIpc) is 2.72. The lowest BCUT2D eigenvalue weighted by Crippen LogP contribution is -2.50. The van der Waals surface area contributed by atoms with Crippen molar-refractivity contribution in [3.63, 3.8) is 0 Å². The maximum absolute atomic E-state index is 12.1. The van der Waals surface area contributed by atoms with E-state index < -0.39 is 5.60 Å². The zero-order valence-corrected chi connectivity index (χ0v) is 22.0. The Kier molecular flexibility index (Phi) is 11.9. The van der Waals surface area contributed by atoms with E-state index in [1.54, 1.807) is 11.9 Å². The number of piperazine rings is 1. The van der Waals surface area contributed by atoms with Gasteiger partial charge in [-0.3, -0.25) is 14.7 Å². The lowest BCUT2D eigenvalue weighted by atomic mass is 9.97. The van der Waals surface area contributed by atoms with Crippen LogP contribution < -0.4 is 5.32 Å². The normalized spacial score (nSPS) is 18.9. The van der Waals surface area contributed by atoms with Gasteiger partial charge in [0.1, 0.15) is 5.60 Å². The van der Waals surface area contributed by atoms with Crippen molar-refractivity contribution < 1.29 is 19.1 Å². The lowest BCUT2D eigenvalue weighted by molar-refractivity contribution is -0.146. The summed E-state index contributed by atoms with van der Waals surface area (Å²) in [5.41, 5.74) is -0.451. The van der Waals surface area contributed by atoms with Crippen LogP contribution in [0, 0.1) is 5.92 Å². The molecule has 0 saturated carbocycles. The smallest absolute Gasteiger partial charge is 0.410 e. The highest BCUT2D eigenvalue weighted by atomic mass is 127. The van der Waals surface area contributed by atoms with Crippen LogP contribution in [0.1, 0.15) is 40.0 Å². The fourth-order valence-corrected chi connectivity index (χ4v) is 3.81. The van der Waals surface area contributed by atoms with E-state index in [1.807, 2.05) is 20.8 Å². The van der Waals surface area contributed by atoms with Crippen molar-refractivity contribution in [1.82, 2.24) is 20.0 Å². The Morgan fingerprint density at radius 2 is 1.65 bits per heavy atom. The molecule has 0 aromatic carbocycles. The topological polar surface area (TPSA) is 86.7 Å². The quantitative estimate of drug-likeness (QED) is 0.183. The van der Waals surface area contributed by atoms with Crippen molar-refractivity contribution in [2.75, 3.05) is 66.5 Å². The molecule has 1 N–H and O–H groups in total. The van der Waals surface area contributed by atoms with E-state index in [9.17, 15) is 9.59 Å². The number of esters is 1. The number of hydrogen-bond donors (Lipinski definition) is 1. The summed E-state index contributed by atoms with van der Waals surface area (Å²) in [5, 5.41) is 3.44. The molecule has 180 valence electrons. The molecule has 0 aliphatic carbocycles. The molecular weight excluding hydrogens is 513 g/mol. The molecule has 2 rings (SSSR count). The molecule has 10 heteroatoms. The van der Waals surface area contributed by atoms with Crippen LogP contribution in [0.3, 0.4) is 0 Å². The second-order valence-electron chi connectivity index (χ2n) is 8.92. The molecule has 2 heterocycles. The number of carbonyl (C=O) groups is 2. The number of amides is 1. The largest absolute Gasteiger partial charge is 0.469 e. The van der Waals surface area contributed by atoms with E-state index in [4.69, 9.17) is 9.47 Å². The van der Waals surface area contributed by atoms with Crippen LogP contribution in [-0.2, 0) is 14.3 Å². The molecule has 31 heavy (non-hydrogen) atoms. The molecule has 2 fully saturated rings. The number of halogens is 1. The summed E-state index contributed by atoms with van der Waals surface area (Å²) in [6.07, 6.45) is 2.39. The lowest BCUT2D eigenvalue weighted by Gasteiger charge is -2.36. The third-order valence-electron chi connectivity index (χ3n) is 5.50. The van der Waals surface area contributed by atoms with Gasteiger partial charge in [-0.25, -0.2) is 4.79 Å². The third-order valence-corrected chi connectivity index (χ3v) is 5.50. The molecule has 9 nitrogen and oxygen atoms in total. The van der Waals surface area contributed by atoms with Gasteiger partial charge in [-0.15, -0.1) is 24.0 Å². The van der Waals surface area contributed by atoms with Crippen molar-refractivity contribution >= 4 is 42.0 Å². The number of piperidine rings is 1. The number of nitrogens with one attached hydrogen (secondary N) is 1. The molecule has 0 unspecified atom stereocenters. The van der Waals surface area contributed by atoms with E-state index in [1.165, 1.54) is 7.11 Å². The molecule has 0 aromatic rings. The van der Waals surface area contributed by atoms with Crippen molar-refractivity contribution in [2.24, 2.45) is 10.9 Å². The monoisotopic (exact) mass is 553 g/mol. The molecule has 2 aliphatic rings. The predicted molar refractivity (Wildman–Crippen MR) is 132 cm³/mol. The molecule has 0 bridgehead atoms. The molecule has 0 aromatic heterocycles. The Labute approximate surface area is 203 Å². The SMILES string of the molecule is CN=C(NCCCN1CCN(C(=O)OC(C)(C)C)CC1)N1CCC(C(=O)OC)CC1.I. The second kappa shape index (κ2) is 13.3. The summed E-state index contributed by atoms with van der Waals surface area (Å²) in [4.78, 5) is 34.6. The number of rotatable bonds is 5. The summed E-state index contributed by atoms with van der Waals surface area (Å²) in [6.45, 7) is 12.3. The number of carbonyl (C=O) groups excluding carboxylic acids is 2. The van der Waals surface area contributed by atoms with Gasteiger partial charge in [0, 0.05) is 52.9 Å². The van der Waals surface area contributed by atoms with Gasteiger partial charge in [0.15, 0.2) is 5.96 Å². The number of hydrogen-bond acceptors (Lipinski definition) is 6. The first kappa shape index (κ1) is 27.7. The summed E-state index contributed by atoms with van der Waals surface area (Å²) in [6, 6.07) is 0. The Bertz CT molecular complexity index is 595. The number of aliphatic imine (C=N–C) groups is 1. The van der Waals surface area contributed by atoms with Gasteiger partial charge in [0.05, 0.1) is 13.0 Å². The Morgan fingerprint density at radius 3 is 2.16 bits per heavy atom. The van der Waals surface area contributed by atoms with Crippen molar-refractivity contribution in [3.8, 4) is 0 Å². The predicted octanol–water partition coefficient (Wildman–Crippen LogP) is 2.01. The van der Waals surface area contributed by atoms with Gasteiger partial charge in [0.2, 0.25) is 0 Å². The minimum Gasteiger partial charge on any atom is -0.469 e. The Balaban J connectivity index is 0.00000480. The zero-order valence-electron chi connectivity index (χ0n) is 19.7. The first-order valence-electron chi connectivity index (χ1n) is 11.0. The van der Waals surface area contributed by atoms with Gasteiger partial charge in [-0.2, -0.15) is 0 Å². The molecule has 0 radical (unpaired) electrons.